The Labute approximate surface area is 130 Å². The summed E-state index contributed by atoms with van der Waals surface area (Å²) in [6, 6.07) is 13.4. The van der Waals surface area contributed by atoms with E-state index in [1.54, 1.807) is 7.11 Å². The minimum atomic E-state index is 0.0236. The number of nitrogen functional groups attached to an aromatic ring is 1. The summed E-state index contributed by atoms with van der Waals surface area (Å²) in [6.07, 6.45) is 1.87. The number of hydrogen-bond donors (Lipinski definition) is 1. The lowest BCUT2D eigenvalue weighted by molar-refractivity contribution is 0.0985. The third kappa shape index (κ3) is 2.70. The van der Waals surface area contributed by atoms with Crippen LogP contribution >= 0.6 is 0 Å². The topological polar surface area (TPSA) is 55.6 Å². The quantitative estimate of drug-likeness (QED) is 0.886. The molecule has 2 aromatic rings. The smallest absolute Gasteiger partial charge is 0.258 e. The molecule has 1 amide bonds. The van der Waals surface area contributed by atoms with E-state index in [4.69, 9.17) is 10.5 Å². The van der Waals surface area contributed by atoms with Gasteiger partial charge >= 0.3 is 0 Å². The molecule has 0 aliphatic carbocycles. The van der Waals surface area contributed by atoms with Crippen LogP contribution in [-0.4, -0.2) is 19.6 Å². The van der Waals surface area contributed by atoms with E-state index in [0.717, 1.165) is 41.9 Å². The van der Waals surface area contributed by atoms with Gasteiger partial charge in [-0.1, -0.05) is 18.2 Å². The molecule has 0 spiro atoms. The highest BCUT2D eigenvalue weighted by molar-refractivity contribution is 6.07. The number of rotatable bonds is 3. The lowest BCUT2D eigenvalue weighted by Gasteiger charge is -2.30. The number of benzene rings is 2. The number of anilines is 2. The highest BCUT2D eigenvalue weighted by Gasteiger charge is 2.24. The van der Waals surface area contributed by atoms with Crippen molar-refractivity contribution in [2.45, 2.75) is 19.4 Å². The van der Waals surface area contributed by atoms with Gasteiger partial charge in [0.15, 0.2) is 0 Å². The van der Waals surface area contributed by atoms with Crippen LogP contribution in [-0.2, 0) is 17.8 Å². The molecule has 2 aromatic carbocycles. The van der Waals surface area contributed by atoms with Crippen LogP contribution in [0, 0.1) is 0 Å². The van der Waals surface area contributed by atoms with Crippen molar-refractivity contribution in [2.75, 3.05) is 24.3 Å². The molecular weight excluding hydrogens is 276 g/mol. The van der Waals surface area contributed by atoms with Crippen LogP contribution in [0.5, 0.6) is 0 Å². The van der Waals surface area contributed by atoms with Crippen molar-refractivity contribution in [2.24, 2.45) is 0 Å². The zero-order valence-corrected chi connectivity index (χ0v) is 12.7. The SMILES string of the molecule is COCc1ccc(C(=O)N2CCCc3c(N)cccc32)cc1. The van der Waals surface area contributed by atoms with E-state index in [9.17, 15) is 4.79 Å². The van der Waals surface area contributed by atoms with E-state index >= 15 is 0 Å². The first kappa shape index (κ1) is 14.6. The Morgan fingerprint density at radius 2 is 2.00 bits per heavy atom. The lowest BCUT2D eigenvalue weighted by Crippen LogP contribution is -2.35. The number of fused-ring (bicyclic) bond motifs is 1. The first-order valence-electron chi connectivity index (χ1n) is 7.48. The van der Waals surface area contributed by atoms with Crippen molar-refractivity contribution in [3.05, 3.63) is 59.2 Å². The van der Waals surface area contributed by atoms with Crippen molar-refractivity contribution in [3.8, 4) is 0 Å². The van der Waals surface area contributed by atoms with Gasteiger partial charge in [-0.2, -0.15) is 0 Å². The number of methoxy groups -OCH3 is 1. The highest BCUT2D eigenvalue weighted by Crippen LogP contribution is 2.32. The molecule has 1 heterocycles. The summed E-state index contributed by atoms with van der Waals surface area (Å²) in [4.78, 5) is 14.6. The summed E-state index contributed by atoms with van der Waals surface area (Å²) in [5, 5.41) is 0. The molecular formula is C18H20N2O2. The Morgan fingerprint density at radius 1 is 1.23 bits per heavy atom. The predicted molar refractivity (Wildman–Crippen MR) is 88.0 cm³/mol. The molecule has 4 nitrogen and oxygen atoms in total. The fraction of sp³-hybridized carbons (Fsp3) is 0.278. The lowest BCUT2D eigenvalue weighted by atomic mass is 9.99. The van der Waals surface area contributed by atoms with Crippen molar-refractivity contribution < 1.29 is 9.53 Å². The van der Waals surface area contributed by atoms with Crippen LogP contribution in [0.1, 0.15) is 27.9 Å². The summed E-state index contributed by atoms with van der Waals surface area (Å²) in [5.41, 5.74) is 10.6. The maximum Gasteiger partial charge on any atom is 0.258 e. The molecule has 0 saturated heterocycles. The Kier molecular flexibility index (Phi) is 4.11. The van der Waals surface area contributed by atoms with Crippen molar-refractivity contribution in [3.63, 3.8) is 0 Å². The van der Waals surface area contributed by atoms with E-state index in [1.807, 2.05) is 47.4 Å². The number of nitrogens with zero attached hydrogens (tertiary/aromatic N) is 1. The molecule has 0 saturated carbocycles. The molecule has 4 heteroatoms. The van der Waals surface area contributed by atoms with Gasteiger partial charge in [-0.05, 0) is 48.2 Å². The zero-order chi connectivity index (χ0) is 15.5. The summed E-state index contributed by atoms with van der Waals surface area (Å²) in [6.45, 7) is 1.28. The second kappa shape index (κ2) is 6.20. The second-order valence-electron chi connectivity index (χ2n) is 5.54. The van der Waals surface area contributed by atoms with Gasteiger partial charge in [0, 0.05) is 30.6 Å². The Morgan fingerprint density at radius 3 is 2.73 bits per heavy atom. The van der Waals surface area contributed by atoms with Crippen LogP contribution < -0.4 is 10.6 Å². The number of ether oxygens (including phenoxy) is 1. The van der Waals surface area contributed by atoms with Gasteiger partial charge in [-0.15, -0.1) is 0 Å². The number of carbonyl (C=O) groups excluding carboxylic acids is 1. The van der Waals surface area contributed by atoms with E-state index < -0.39 is 0 Å². The zero-order valence-electron chi connectivity index (χ0n) is 12.7. The van der Waals surface area contributed by atoms with E-state index in [1.165, 1.54) is 0 Å². The van der Waals surface area contributed by atoms with Crippen molar-refractivity contribution in [1.29, 1.82) is 0 Å². The molecule has 0 bridgehead atoms. The van der Waals surface area contributed by atoms with E-state index in [2.05, 4.69) is 0 Å². The molecule has 3 rings (SSSR count). The van der Waals surface area contributed by atoms with E-state index in [0.29, 0.717) is 12.2 Å². The average molecular weight is 296 g/mol. The van der Waals surface area contributed by atoms with Gasteiger partial charge in [0.05, 0.1) is 6.61 Å². The van der Waals surface area contributed by atoms with Gasteiger partial charge in [0.1, 0.15) is 0 Å². The largest absolute Gasteiger partial charge is 0.398 e. The average Bonchev–Trinajstić information content (AvgIpc) is 2.55. The molecule has 2 N–H and O–H groups in total. The first-order valence-corrected chi connectivity index (χ1v) is 7.48. The number of amides is 1. The Bertz CT molecular complexity index is 680. The fourth-order valence-electron chi connectivity index (χ4n) is 2.93. The molecule has 114 valence electrons. The first-order chi connectivity index (χ1) is 10.7. The molecule has 0 atom stereocenters. The predicted octanol–water partition coefficient (Wildman–Crippen LogP) is 3.01. The number of nitrogens with two attached hydrogens (primary N) is 1. The summed E-state index contributed by atoms with van der Waals surface area (Å²) < 4.78 is 5.09. The van der Waals surface area contributed by atoms with Crippen LogP contribution in [0.3, 0.4) is 0 Å². The molecule has 22 heavy (non-hydrogen) atoms. The molecule has 0 unspecified atom stereocenters. The van der Waals surface area contributed by atoms with Crippen LogP contribution in [0.4, 0.5) is 11.4 Å². The fourth-order valence-corrected chi connectivity index (χ4v) is 2.93. The summed E-state index contributed by atoms with van der Waals surface area (Å²) in [5.74, 6) is 0.0236. The Hall–Kier alpha value is -2.33. The minimum absolute atomic E-state index is 0.0236. The molecule has 0 aromatic heterocycles. The van der Waals surface area contributed by atoms with Gasteiger partial charge in [-0.25, -0.2) is 0 Å². The van der Waals surface area contributed by atoms with Gasteiger partial charge in [-0.3, -0.25) is 4.79 Å². The molecule has 1 aliphatic heterocycles. The van der Waals surface area contributed by atoms with Crippen molar-refractivity contribution in [1.82, 2.24) is 0 Å². The Balaban J connectivity index is 1.89. The monoisotopic (exact) mass is 296 g/mol. The highest BCUT2D eigenvalue weighted by atomic mass is 16.5. The minimum Gasteiger partial charge on any atom is -0.398 e. The summed E-state index contributed by atoms with van der Waals surface area (Å²) >= 11 is 0. The maximum absolute atomic E-state index is 12.8. The number of hydrogen-bond acceptors (Lipinski definition) is 3. The molecule has 0 fully saturated rings. The standard InChI is InChI=1S/C18H20N2O2/c1-22-12-13-7-9-14(10-8-13)18(21)20-11-3-4-15-16(19)5-2-6-17(15)20/h2,5-10H,3-4,11-12,19H2,1H3. The normalized spacial score (nSPS) is 13.8. The number of carbonyl (C=O) groups is 1. The van der Waals surface area contributed by atoms with Crippen LogP contribution in [0.25, 0.3) is 0 Å². The maximum atomic E-state index is 12.8. The van der Waals surface area contributed by atoms with E-state index in [-0.39, 0.29) is 5.91 Å². The molecule has 1 aliphatic rings. The second-order valence-corrected chi connectivity index (χ2v) is 5.54. The third-order valence-electron chi connectivity index (χ3n) is 4.04. The van der Waals surface area contributed by atoms with Gasteiger partial charge in [0.25, 0.3) is 5.91 Å². The van der Waals surface area contributed by atoms with Gasteiger partial charge < -0.3 is 15.4 Å². The van der Waals surface area contributed by atoms with Gasteiger partial charge in [0.2, 0.25) is 0 Å². The van der Waals surface area contributed by atoms with Crippen LogP contribution in [0.2, 0.25) is 0 Å². The summed E-state index contributed by atoms with van der Waals surface area (Å²) in [7, 11) is 1.66. The third-order valence-corrected chi connectivity index (χ3v) is 4.04. The van der Waals surface area contributed by atoms with Crippen LogP contribution in [0.15, 0.2) is 42.5 Å². The van der Waals surface area contributed by atoms with Crippen molar-refractivity contribution >= 4 is 17.3 Å². The molecule has 0 radical (unpaired) electrons.